The molecular formula is C7H13Cl2NO. The number of aliphatic hydroxyl groups is 1. The number of rotatable bonds is 5. The van der Waals surface area contributed by atoms with Crippen molar-refractivity contribution in [1.82, 2.24) is 5.32 Å². The number of halogens is 2. The molecule has 0 spiro atoms. The van der Waals surface area contributed by atoms with E-state index < -0.39 is 4.33 Å². The van der Waals surface area contributed by atoms with Gasteiger partial charge in [0.1, 0.15) is 4.33 Å². The van der Waals surface area contributed by atoms with Gasteiger partial charge in [-0.2, -0.15) is 0 Å². The maximum atomic E-state index is 8.46. The van der Waals surface area contributed by atoms with Gasteiger partial charge < -0.3 is 10.4 Å². The molecule has 1 saturated carbocycles. The van der Waals surface area contributed by atoms with Gasteiger partial charge >= 0.3 is 0 Å². The Bertz CT molecular complexity index is 130. The SMILES string of the molecule is OCCCNCC1CC1(Cl)Cl. The van der Waals surface area contributed by atoms with Crippen LogP contribution in [0, 0.1) is 5.92 Å². The Balaban J connectivity index is 1.90. The van der Waals surface area contributed by atoms with Crippen LogP contribution < -0.4 is 5.32 Å². The van der Waals surface area contributed by atoms with Crippen molar-refractivity contribution in [2.24, 2.45) is 5.92 Å². The van der Waals surface area contributed by atoms with Crippen LogP contribution in [0.5, 0.6) is 0 Å². The first kappa shape index (κ1) is 9.59. The molecule has 0 amide bonds. The molecule has 0 radical (unpaired) electrons. The predicted octanol–water partition coefficient (Wildman–Crippen LogP) is 1.15. The minimum atomic E-state index is -0.466. The molecule has 0 aromatic carbocycles. The summed E-state index contributed by atoms with van der Waals surface area (Å²) in [5.41, 5.74) is 0. The van der Waals surface area contributed by atoms with Crippen molar-refractivity contribution >= 4 is 23.2 Å². The molecule has 1 atom stereocenters. The lowest BCUT2D eigenvalue weighted by Gasteiger charge is -2.02. The summed E-state index contributed by atoms with van der Waals surface area (Å²) in [4.78, 5) is 0. The topological polar surface area (TPSA) is 32.3 Å². The third-order valence-electron chi connectivity index (χ3n) is 1.86. The Morgan fingerprint density at radius 1 is 1.55 bits per heavy atom. The first-order chi connectivity index (χ1) is 5.17. The zero-order valence-electron chi connectivity index (χ0n) is 6.32. The van der Waals surface area contributed by atoms with Crippen molar-refractivity contribution in [2.75, 3.05) is 19.7 Å². The van der Waals surface area contributed by atoms with E-state index in [0.717, 1.165) is 25.9 Å². The van der Waals surface area contributed by atoms with Crippen LogP contribution in [0.2, 0.25) is 0 Å². The molecule has 1 rings (SSSR count). The summed E-state index contributed by atoms with van der Waals surface area (Å²) in [6.07, 6.45) is 1.69. The fourth-order valence-corrected chi connectivity index (χ4v) is 1.50. The number of aliphatic hydroxyl groups excluding tert-OH is 1. The second kappa shape index (κ2) is 3.94. The summed E-state index contributed by atoms with van der Waals surface area (Å²) in [6, 6.07) is 0. The van der Waals surface area contributed by atoms with Gasteiger partial charge in [0.15, 0.2) is 0 Å². The smallest absolute Gasteiger partial charge is 0.122 e. The van der Waals surface area contributed by atoms with E-state index in [1.54, 1.807) is 0 Å². The minimum Gasteiger partial charge on any atom is -0.396 e. The lowest BCUT2D eigenvalue weighted by molar-refractivity contribution is 0.286. The number of alkyl halides is 2. The van der Waals surface area contributed by atoms with Crippen LogP contribution >= 0.6 is 23.2 Å². The summed E-state index contributed by atoms with van der Waals surface area (Å²) in [6.45, 7) is 1.95. The monoisotopic (exact) mass is 197 g/mol. The second-order valence-corrected chi connectivity index (χ2v) is 4.49. The minimum absolute atomic E-state index is 0.241. The lowest BCUT2D eigenvalue weighted by atomic mass is 10.4. The Hall–Kier alpha value is 0.500. The largest absolute Gasteiger partial charge is 0.396 e. The normalized spacial score (nSPS) is 27.0. The highest BCUT2D eigenvalue weighted by Crippen LogP contribution is 2.52. The molecule has 66 valence electrons. The van der Waals surface area contributed by atoms with Gasteiger partial charge in [-0.15, -0.1) is 23.2 Å². The van der Waals surface area contributed by atoms with E-state index in [1.807, 2.05) is 0 Å². The molecule has 11 heavy (non-hydrogen) atoms. The average molecular weight is 198 g/mol. The highest BCUT2D eigenvalue weighted by atomic mass is 35.5. The van der Waals surface area contributed by atoms with E-state index in [1.165, 1.54) is 0 Å². The molecule has 0 bridgehead atoms. The molecule has 1 aliphatic carbocycles. The third-order valence-corrected chi connectivity index (χ3v) is 2.78. The van der Waals surface area contributed by atoms with Crippen LogP contribution in [0.1, 0.15) is 12.8 Å². The van der Waals surface area contributed by atoms with Gasteiger partial charge in [-0.3, -0.25) is 0 Å². The van der Waals surface area contributed by atoms with Gasteiger partial charge in [0.25, 0.3) is 0 Å². The average Bonchev–Trinajstić information content (AvgIpc) is 2.52. The molecule has 0 saturated heterocycles. The summed E-state index contributed by atoms with van der Waals surface area (Å²) in [7, 11) is 0. The van der Waals surface area contributed by atoms with Crippen LogP contribution in [0.15, 0.2) is 0 Å². The predicted molar refractivity (Wildman–Crippen MR) is 47.1 cm³/mol. The molecule has 1 unspecified atom stereocenters. The fourth-order valence-electron chi connectivity index (χ4n) is 0.971. The van der Waals surface area contributed by atoms with Crippen LogP contribution in [0.4, 0.5) is 0 Å². The summed E-state index contributed by atoms with van der Waals surface area (Å²) >= 11 is 11.6. The molecule has 0 aliphatic heterocycles. The van der Waals surface area contributed by atoms with Gasteiger partial charge in [-0.05, 0) is 19.4 Å². The van der Waals surface area contributed by atoms with Gasteiger partial charge in [0.2, 0.25) is 0 Å². The maximum absolute atomic E-state index is 8.46. The Morgan fingerprint density at radius 2 is 2.18 bits per heavy atom. The molecular weight excluding hydrogens is 185 g/mol. The molecule has 4 heteroatoms. The van der Waals surface area contributed by atoms with E-state index >= 15 is 0 Å². The van der Waals surface area contributed by atoms with Gasteiger partial charge in [0, 0.05) is 19.1 Å². The van der Waals surface area contributed by atoms with Crippen molar-refractivity contribution < 1.29 is 5.11 Å². The summed E-state index contributed by atoms with van der Waals surface area (Å²) < 4.78 is -0.466. The fraction of sp³-hybridized carbons (Fsp3) is 1.00. The highest BCUT2D eigenvalue weighted by Gasteiger charge is 2.50. The third kappa shape index (κ3) is 3.16. The van der Waals surface area contributed by atoms with Crippen LogP contribution in [-0.2, 0) is 0 Å². The number of hydrogen-bond donors (Lipinski definition) is 2. The van der Waals surface area contributed by atoms with Crippen LogP contribution in [-0.4, -0.2) is 29.1 Å². The van der Waals surface area contributed by atoms with E-state index in [0.29, 0.717) is 5.92 Å². The van der Waals surface area contributed by atoms with Crippen molar-refractivity contribution in [2.45, 2.75) is 17.2 Å². The van der Waals surface area contributed by atoms with Crippen molar-refractivity contribution in [3.63, 3.8) is 0 Å². The first-order valence-electron chi connectivity index (χ1n) is 3.86. The quantitative estimate of drug-likeness (QED) is 0.513. The molecule has 0 aromatic rings. The second-order valence-electron chi connectivity index (χ2n) is 2.94. The van der Waals surface area contributed by atoms with Gasteiger partial charge in [0.05, 0.1) is 0 Å². The molecule has 0 heterocycles. The standard InChI is InChI=1S/C7H13Cl2NO/c8-7(9)4-6(7)5-10-2-1-3-11/h6,10-11H,1-5H2. The molecule has 2 N–H and O–H groups in total. The lowest BCUT2D eigenvalue weighted by Crippen LogP contribution is -2.20. The molecule has 1 aliphatic rings. The molecule has 1 fully saturated rings. The van der Waals surface area contributed by atoms with Crippen molar-refractivity contribution in [1.29, 1.82) is 0 Å². The van der Waals surface area contributed by atoms with E-state index in [4.69, 9.17) is 28.3 Å². The van der Waals surface area contributed by atoms with Gasteiger partial charge in [-0.25, -0.2) is 0 Å². The zero-order chi connectivity index (χ0) is 8.32. The number of nitrogens with one attached hydrogen (secondary N) is 1. The zero-order valence-corrected chi connectivity index (χ0v) is 7.83. The number of hydrogen-bond acceptors (Lipinski definition) is 2. The van der Waals surface area contributed by atoms with Crippen LogP contribution in [0.3, 0.4) is 0 Å². The van der Waals surface area contributed by atoms with E-state index in [-0.39, 0.29) is 6.61 Å². The molecule has 2 nitrogen and oxygen atoms in total. The Kier molecular flexibility index (Phi) is 3.44. The Labute approximate surface area is 76.9 Å². The summed E-state index contributed by atoms with van der Waals surface area (Å²) in [5.74, 6) is 0.407. The first-order valence-corrected chi connectivity index (χ1v) is 4.62. The molecule has 0 aromatic heterocycles. The van der Waals surface area contributed by atoms with Crippen molar-refractivity contribution in [3.05, 3.63) is 0 Å². The maximum Gasteiger partial charge on any atom is 0.122 e. The van der Waals surface area contributed by atoms with Crippen molar-refractivity contribution in [3.8, 4) is 0 Å². The summed E-state index contributed by atoms with van der Waals surface area (Å²) in [5, 5.41) is 11.6. The van der Waals surface area contributed by atoms with Crippen LogP contribution in [0.25, 0.3) is 0 Å². The van der Waals surface area contributed by atoms with E-state index in [9.17, 15) is 0 Å². The van der Waals surface area contributed by atoms with E-state index in [2.05, 4.69) is 5.32 Å². The van der Waals surface area contributed by atoms with Gasteiger partial charge in [-0.1, -0.05) is 0 Å². The highest BCUT2D eigenvalue weighted by molar-refractivity contribution is 6.50. The Morgan fingerprint density at radius 3 is 2.64 bits per heavy atom.